The highest BCUT2D eigenvalue weighted by Crippen LogP contribution is 2.12. The van der Waals surface area contributed by atoms with Crippen LogP contribution in [-0.2, 0) is 6.42 Å². The Balaban J connectivity index is 2.31. The Bertz CT molecular complexity index is 390. The van der Waals surface area contributed by atoms with Crippen LogP contribution in [0.2, 0.25) is 0 Å². The van der Waals surface area contributed by atoms with Crippen molar-refractivity contribution in [3.63, 3.8) is 0 Å². The van der Waals surface area contributed by atoms with E-state index in [0.29, 0.717) is 23.9 Å². The van der Waals surface area contributed by atoms with E-state index in [2.05, 4.69) is 25.8 Å². The van der Waals surface area contributed by atoms with Gasteiger partial charge in [0.2, 0.25) is 0 Å². The molecule has 0 aliphatic carbocycles. The number of nitrogens with zero attached hydrogens (tertiary/aromatic N) is 1. The normalized spacial score (nSPS) is 11.0. The van der Waals surface area contributed by atoms with Gasteiger partial charge in [-0.2, -0.15) is 0 Å². The van der Waals surface area contributed by atoms with Gasteiger partial charge in [0.1, 0.15) is 12.4 Å². The molecule has 106 valence electrons. The molecule has 1 rings (SSSR count). The maximum Gasteiger partial charge on any atom is 0.119 e. The molecule has 0 radical (unpaired) electrons. The van der Waals surface area contributed by atoms with Crippen molar-refractivity contribution in [1.29, 1.82) is 0 Å². The average molecular weight is 280 g/mol. The molecule has 0 unspecified atom stereocenters. The third kappa shape index (κ3) is 7.13. The van der Waals surface area contributed by atoms with E-state index in [1.54, 1.807) is 0 Å². The minimum atomic E-state index is 0.518. The fourth-order valence-corrected chi connectivity index (χ4v) is 2.11. The molecule has 0 saturated carbocycles. The van der Waals surface area contributed by atoms with Crippen molar-refractivity contribution in [2.75, 3.05) is 26.7 Å². The molecule has 3 nitrogen and oxygen atoms in total. The Kier molecular flexibility index (Phi) is 6.81. The third-order valence-electron chi connectivity index (χ3n) is 2.72. The molecule has 0 bridgehead atoms. The highest BCUT2D eigenvalue weighted by molar-refractivity contribution is 7.80. The molecule has 0 atom stereocenters. The molecule has 2 N–H and O–H groups in total. The lowest BCUT2D eigenvalue weighted by Gasteiger charge is -2.18. The predicted molar refractivity (Wildman–Crippen MR) is 84.8 cm³/mol. The molecule has 0 amide bonds. The minimum absolute atomic E-state index is 0.518. The summed E-state index contributed by atoms with van der Waals surface area (Å²) in [4.78, 5) is 2.80. The molecular weight excluding hydrogens is 256 g/mol. The van der Waals surface area contributed by atoms with Crippen LogP contribution in [0.15, 0.2) is 24.3 Å². The topological polar surface area (TPSA) is 38.5 Å². The second kappa shape index (κ2) is 8.12. The number of hydrogen-bond donors (Lipinski definition) is 1. The van der Waals surface area contributed by atoms with Crippen molar-refractivity contribution in [1.82, 2.24) is 4.90 Å². The van der Waals surface area contributed by atoms with Crippen molar-refractivity contribution in [2.45, 2.75) is 20.3 Å². The third-order valence-corrected chi connectivity index (χ3v) is 2.86. The van der Waals surface area contributed by atoms with E-state index in [9.17, 15) is 0 Å². The van der Waals surface area contributed by atoms with Crippen LogP contribution in [0, 0.1) is 5.92 Å². The lowest BCUT2D eigenvalue weighted by molar-refractivity contribution is 0.223. The standard InChI is InChI=1S/C15H24N2OS/c1-12(2)11-17(3)8-9-18-14-6-4-13(5-7-14)10-15(16)19/h4-7,12H,8-11H2,1-3H3,(H2,16,19). The summed E-state index contributed by atoms with van der Waals surface area (Å²) in [7, 11) is 2.12. The molecule has 0 saturated heterocycles. The largest absolute Gasteiger partial charge is 0.492 e. The molecular formula is C15H24N2OS. The van der Waals surface area contributed by atoms with Crippen LogP contribution in [0.5, 0.6) is 5.75 Å². The quantitative estimate of drug-likeness (QED) is 0.743. The average Bonchev–Trinajstić information content (AvgIpc) is 2.29. The van der Waals surface area contributed by atoms with Gasteiger partial charge < -0.3 is 15.4 Å². The van der Waals surface area contributed by atoms with E-state index in [1.165, 1.54) is 0 Å². The first-order valence-electron chi connectivity index (χ1n) is 6.66. The Morgan fingerprint density at radius 1 is 1.32 bits per heavy atom. The van der Waals surface area contributed by atoms with E-state index in [0.717, 1.165) is 24.4 Å². The fourth-order valence-electron chi connectivity index (χ4n) is 1.94. The summed E-state index contributed by atoms with van der Waals surface area (Å²) in [5.74, 6) is 1.58. The molecule has 0 spiro atoms. The first-order chi connectivity index (χ1) is 8.97. The smallest absolute Gasteiger partial charge is 0.119 e. The van der Waals surface area contributed by atoms with Crippen LogP contribution in [0.3, 0.4) is 0 Å². The van der Waals surface area contributed by atoms with Gasteiger partial charge >= 0.3 is 0 Å². The van der Waals surface area contributed by atoms with Gasteiger partial charge in [-0.05, 0) is 30.7 Å². The molecule has 4 heteroatoms. The fraction of sp³-hybridized carbons (Fsp3) is 0.533. The van der Waals surface area contributed by atoms with Crippen molar-refractivity contribution in [3.8, 4) is 5.75 Å². The van der Waals surface area contributed by atoms with Crippen LogP contribution in [-0.4, -0.2) is 36.6 Å². The number of benzene rings is 1. The molecule has 0 fully saturated rings. The van der Waals surface area contributed by atoms with E-state index in [1.807, 2.05) is 24.3 Å². The molecule has 19 heavy (non-hydrogen) atoms. The van der Waals surface area contributed by atoms with Crippen molar-refractivity contribution in [2.24, 2.45) is 11.7 Å². The lowest BCUT2D eigenvalue weighted by atomic mass is 10.1. The van der Waals surface area contributed by atoms with E-state index in [4.69, 9.17) is 22.7 Å². The summed E-state index contributed by atoms with van der Waals surface area (Å²) in [5, 5.41) is 0. The Morgan fingerprint density at radius 2 is 1.95 bits per heavy atom. The molecule has 0 heterocycles. The van der Waals surface area contributed by atoms with Gasteiger partial charge in [0.05, 0.1) is 4.99 Å². The van der Waals surface area contributed by atoms with Gasteiger partial charge in [0, 0.05) is 19.5 Å². The Morgan fingerprint density at radius 3 is 2.47 bits per heavy atom. The second-order valence-electron chi connectivity index (χ2n) is 5.29. The van der Waals surface area contributed by atoms with Gasteiger partial charge in [0.25, 0.3) is 0 Å². The number of rotatable bonds is 8. The number of thiocarbonyl (C=S) groups is 1. The molecule has 0 aromatic heterocycles. The first kappa shape index (κ1) is 15.9. The van der Waals surface area contributed by atoms with Crippen molar-refractivity contribution < 1.29 is 4.74 Å². The summed E-state index contributed by atoms with van der Waals surface area (Å²) in [6, 6.07) is 7.95. The number of hydrogen-bond acceptors (Lipinski definition) is 3. The predicted octanol–water partition coefficient (Wildman–Crippen LogP) is 2.48. The lowest BCUT2D eigenvalue weighted by Crippen LogP contribution is -2.27. The SMILES string of the molecule is CC(C)CN(C)CCOc1ccc(CC(N)=S)cc1. The summed E-state index contributed by atoms with van der Waals surface area (Å²) < 4.78 is 5.71. The zero-order valence-corrected chi connectivity index (χ0v) is 12.9. The summed E-state index contributed by atoms with van der Waals surface area (Å²) in [6.45, 7) is 7.18. The van der Waals surface area contributed by atoms with E-state index < -0.39 is 0 Å². The summed E-state index contributed by atoms with van der Waals surface area (Å²) in [5.41, 5.74) is 6.63. The number of ether oxygens (including phenoxy) is 1. The minimum Gasteiger partial charge on any atom is -0.492 e. The summed E-state index contributed by atoms with van der Waals surface area (Å²) >= 11 is 4.88. The number of likely N-dealkylation sites (N-methyl/N-ethyl adjacent to an activating group) is 1. The van der Waals surface area contributed by atoms with Crippen LogP contribution in [0.25, 0.3) is 0 Å². The van der Waals surface area contributed by atoms with Crippen LogP contribution >= 0.6 is 12.2 Å². The van der Waals surface area contributed by atoms with Crippen LogP contribution in [0.4, 0.5) is 0 Å². The zero-order chi connectivity index (χ0) is 14.3. The van der Waals surface area contributed by atoms with Crippen molar-refractivity contribution >= 4 is 17.2 Å². The highest BCUT2D eigenvalue weighted by Gasteiger charge is 2.02. The monoisotopic (exact) mass is 280 g/mol. The summed E-state index contributed by atoms with van der Waals surface area (Å²) in [6.07, 6.45) is 0.646. The highest BCUT2D eigenvalue weighted by atomic mass is 32.1. The van der Waals surface area contributed by atoms with Gasteiger partial charge in [-0.25, -0.2) is 0 Å². The van der Waals surface area contributed by atoms with Crippen LogP contribution < -0.4 is 10.5 Å². The van der Waals surface area contributed by atoms with Gasteiger partial charge in [-0.3, -0.25) is 0 Å². The molecule has 1 aromatic rings. The maximum absolute atomic E-state index is 5.71. The first-order valence-corrected chi connectivity index (χ1v) is 7.06. The Hall–Kier alpha value is -1.13. The van der Waals surface area contributed by atoms with Crippen molar-refractivity contribution in [3.05, 3.63) is 29.8 Å². The van der Waals surface area contributed by atoms with Crippen LogP contribution in [0.1, 0.15) is 19.4 Å². The Labute approximate surface area is 121 Å². The van der Waals surface area contributed by atoms with Gasteiger partial charge in [-0.15, -0.1) is 0 Å². The van der Waals surface area contributed by atoms with E-state index in [-0.39, 0.29) is 0 Å². The van der Waals surface area contributed by atoms with Gasteiger partial charge in [-0.1, -0.05) is 38.2 Å². The molecule has 1 aromatic carbocycles. The second-order valence-corrected chi connectivity index (χ2v) is 5.82. The van der Waals surface area contributed by atoms with E-state index >= 15 is 0 Å². The number of nitrogens with two attached hydrogens (primary N) is 1. The molecule has 0 aliphatic rings. The zero-order valence-electron chi connectivity index (χ0n) is 12.1. The maximum atomic E-state index is 5.71. The molecule has 0 aliphatic heterocycles. The van der Waals surface area contributed by atoms with Gasteiger partial charge in [0.15, 0.2) is 0 Å².